The fourth-order valence-electron chi connectivity index (χ4n) is 9.31. The van der Waals surface area contributed by atoms with Crippen LogP contribution in [0.2, 0.25) is 0 Å². The number of carbonyl (C=O) groups is 1. The van der Waals surface area contributed by atoms with E-state index in [4.69, 9.17) is 9.47 Å². The number of hydrogen-bond donors (Lipinski definition) is 6. The Balaban J connectivity index is 2.23. The van der Waals surface area contributed by atoms with E-state index >= 15 is 0 Å². The summed E-state index contributed by atoms with van der Waals surface area (Å²) in [6, 6.07) is -0.853. The Morgan fingerprint density at radius 1 is 0.417 bits per heavy atom. The molecule has 0 aliphatic carbocycles. The van der Waals surface area contributed by atoms with Gasteiger partial charge in [-0.15, -0.1) is 0 Å². The summed E-state index contributed by atoms with van der Waals surface area (Å²) in [5, 5.41) is 54.6. The number of ether oxygens (including phenoxy) is 2. The summed E-state index contributed by atoms with van der Waals surface area (Å²) in [6.07, 6.45) is 91.5. The fraction of sp³-hybridized carbons (Fsp3) is 0.613. The zero-order valence-corrected chi connectivity index (χ0v) is 52.8. The van der Waals surface area contributed by atoms with Crippen LogP contribution in [0.25, 0.3) is 0 Å². The molecule has 9 heteroatoms. The van der Waals surface area contributed by atoms with Gasteiger partial charge < -0.3 is 40.3 Å². The lowest BCUT2D eigenvalue weighted by atomic mass is 9.99. The monoisotopic (exact) mass is 1160 g/mol. The molecule has 1 amide bonds. The molecule has 474 valence electrons. The molecule has 1 aliphatic rings. The smallest absolute Gasteiger partial charge is 0.220 e. The van der Waals surface area contributed by atoms with Crippen LogP contribution in [0.3, 0.4) is 0 Å². The van der Waals surface area contributed by atoms with E-state index in [0.717, 1.165) is 128 Å². The third kappa shape index (κ3) is 49.8. The predicted molar refractivity (Wildman–Crippen MR) is 359 cm³/mol. The van der Waals surface area contributed by atoms with Gasteiger partial charge in [0.25, 0.3) is 0 Å². The van der Waals surface area contributed by atoms with E-state index in [0.29, 0.717) is 19.3 Å². The topological polar surface area (TPSA) is 149 Å². The molecule has 0 bridgehead atoms. The first-order valence-electron chi connectivity index (χ1n) is 33.4. The van der Waals surface area contributed by atoms with E-state index < -0.39 is 49.5 Å². The van der Waals surface area contributed by atoms with Crippen molar-refractivity contribution >= 4 is 5.91 Å². The van der Waals surface area contributed by atoms with Crippen LogP contribution in [-0.2, 0) is 14.3 Å². The molecule has 6 N–H and O–H groups in total. The molecule has 7 unspecified atom stereocenters. The van der Waals surface area contributed by atoms with Crippen molar-refractivity contribution in [2.45, 2.75) is 281 Å². The molecular weight excluding hydrogens is 1040 g/mol. The molecule has 0 aromatic carbocycles. The highest BCUT2D eigenvalue weighted by atomic mass is 16.7. The lowest BCUT2D eigenvalue weighted by molar-refractivity contribution is -0.302. The molecule has 1 rings (SSSR count). The van der Waals surface area contributed by atoms with Crippen LogP contribution < -0.4 is 5.32 Å². The molecule has 1 aliphatic heterocycles. The first kappa shape index (κ1) is 77.6. The highest BCUT2D eigenvalue weighted by Gasteiger charge is 2.44. The minimum absolute atomic E-state index is 0.216. The van der Waals surface area contributed by atoms with E-state index in [9.17, 15) is 30.3 Å². The van der Waals surface area contributed by atoms with Crippen molar-refractivity contribution in [3.8, 4) is 0 Å². The van der Waals surface area contributed by atoms with Gasteiger partial charge in [0.1, 0.15) is 24.4 Å². The molecule has 1 heterocycles. The number of allylic oxidation sites excluding steroid dienone is 27. The maximum absolute atomic E-state index is 13.1. The van der Waals surface area contributed by atoms with Crippen molar-refractivity contribution in [3.63, 3.8) is 0 Å². The molecule has 1 saturated heterocycles. The average molecular weight is 1160 g/mol. The Kier molecular flexibility index (Phi) is 56.9. The van der Waals surface area contributed by atoms with Crippen LogP contribution >= 0.6 is 0 Å². The van der Waals surface area contributed by atoms with Crippen molar-refractivity contribution in [1.29, 1.82) is 0 Å². The van der Waals surface area contributed by atoms with Crippen molar-refractivity contribution < 1.29 is 39.8 Å². The first-order chi connectivity index (χ1) is 41.3. The summed E-state index contributed by atoms with van der Waals surface area (Å²) < 4.78 is 11.3. The standard InChI is InChI=1S/C75H121NO8/c1-3-5-7-9-11-13-15-17-19-21-23-25-27-28-29-30-31-32-33-34-35-36-37-38-39-40-41-42-43-45-47-49-51-53-55-57-59-61-63-65-71(79)76-68(67-83-75-74(82)73(81)72(80)70(66-77)84-75)69(78)64-62-60-58-56-54-52-50-48-46-44-26-24-22-20-18-16-14-12-10-8-6-4-2/h5,7,11,13,17,19,23,25,28-29,31-32,34-35,37-38,40-41,43,45-46,48-49,51,54,56,62,64,68-70,72-75,77-78,80-82H,3-4,6,8-10,12,14-16,18,20-22,24,26-27,30,33,36,39,42,44,47,50,52-53,55,57-61,63,65-67H2,1-2H3,(H,76,79)/b7-5-,13-11-,19-17-,25-23-,29-28-,32-31-,35-34-,38-37-,41-40-,45-43-,48-46+,51-49-,56-54+,64-62+. The number of carbonyl (C=O) groups excluding carboxylic acids is 1. The lowest BCUT2D eigenvalue weighted by Crippen LogP contribution is -2.60. The number of amides is 1. The number of aliphatic hydroxyl groups excluding tert-OH is 5. The zero-order chi connectivity index (χ0) is 60.7. The minimum atomic E-state index is -1.59. The van der Waals surface area contributed by atoms with E-state index in [2.05, 4.69) is 177 Å². The second-order valence-electron chi connectivity index (χ2n) is 22.2. The SMILES string of the molecule is CC/C=C\C/C=C\C/C=C\C/C=C\C/C=C\C/C=C\C/C=C\C/C=C\C/C=C\C/C=C\C/C=C\CCCCCCCC(=O)NC(COC1OC(CO)C(O)C(O)C1O)C(O)/C=C/CC/C=C/CC/C=C/CCCCCCCCCCCCCC. The predicted octanol–water partition coefficient (Wildman–Crippen LogP) is 18.1. The van der Waals surface area contributed by atoms with Crippen molar-refractivity contribution in [3.05, 3.63) is 170 Å². The second kappa shape index (κ2) is 61.6. The van der Waals surface area contributed by atoms with E-state index in [1.807, 2.05) is 6.08 Å². The molecule has 0 radical (unpaired) electrons. The summed E-state index contributed by atoms with van der Waals surface area (Å²) >= 11 is 0. The Morgan fingerprint density at radius 3 is 1.14 bits per heavy atom. The highest BCUT2D eigenvalue weighted by molar-refractivity contribution is 5.76. The molecule has 0 saturated carbocycles. The third-order valence-corrected chi connectivity index (χ3v) is 14.5. The molecule has 1 fully saturated rings. The van der Waals surface area contributed by atoms with Gasteiger partial charge in [-0.05, 0) is 128 Å². The van der Waals surface area contributed by atoms with Gasteiger partial charge in [-0.1, -0.05) is 274 Å². The quantitative estimate of drug-likeness (QED) is 0.0261. The van der Waals surface area contributed by atoms with E-state index in [1.54, 1.807) is 6.08 Å². The van der Waals surface area contributed by atoms with Gasteiger partial charge in [-0.2, -0.15) is 0 Å². The summed E-state index contributed by atoms with van der Waals surface area (Å²) in [6.45, 7) is 3.63. The van der Waals surface area contributed by atoms with Crippen LogP contribution in [0.15, 0.2) is 170 Å². The Morgan fingerprint density at radius 2 is 0.750 bits per heavy atom. The van der Waals surface area contributed by atoms with Gasteiger partial charge in [0, 0.05) is 6.42 Å². The van der Waals surface area contributed by atoms with Crippen LogP contribution in [-0.4, -0.2) is 87.5 Å². The normalized spacial score (nSPS) is 19.3. The molecule has 0 spiro atoms. The number of aliphatic hydroxyl groups is 5. The zero-order valence-electron chi connectivity index (χ0n) is 52.8. The Labute approximate surface area is 513 Å². The molecule has 7 atom stereocenters. The van der Waals surface area contributed by atoms with Gasteiger partial charge in [0.2, 0.25) is 5.91 Å². The molecular formula is C75H121NO8. The molecule has 0 aromatic heterocycles. The number of rotatable bonds is 55. The fourth-order valence-corrected chi connectivity index (χ4v) is 9.31. The summed E-state index contributed by atoms with van der Waals surface area (Å²) in [5.41, 5.74) is 0. The van der Waals surface area contributed by atoms with E-state index in [1.165, 1.54) is 77.0 Å². The highest BCUT2D eigenvalue weighted by Crippen LogP contribution is 2.23. The number of nitrogens with one attached hydrogen (secondary N) is 1. The Hall–Kier alpha value is -4.45. The second-order valence-corrected chi connectivity index (χ2v) is 22.2. The average Bonchev–Trinajstić information content (AvgIpc) is 3.70. The van der Waals surface area contributed by atoms with Gasteiger partial charge in [-0.3, -0.25) is 4.79 Å². The van der Waals surface area contributed by atoms with Gasteiger partial charge in [0.15, 0.2) is 6.29 Å². The number of unbranched alkanes of at least 4 members (excludes halogenated alkanes) is 19. The summed E-state index contributed by atoms with van der Waals surface area (Å²) in [5.74, 6) is -0.216. The maximum Gasteiger partial charge on any atom is 0.220 e. The van der Waals surface area contributed by atoms with Crippen molar-refractivity contribution in [2.24, 2.45) is 0 Å². The van der Waals surface area contributed by atoms with Gasteiger partial charge >= 0.3 is 0 Å². The summed E-state index contributed by atoms with van der Waals surface area (Å²) in [7, 11) is 0. The van der Waals surface area contributed by atoms with Crippen LogP contribution in [0.4, 0.5) is 0 Å². The maximum atomic E-state index is 13.1. The van der Waals surface area contributed by atoms with Gasteiger partial charge in [0.05, 0.1) is 25.4 Å². The molecule has 0 aromatic rings. The van der Waals surface area contributed by atoms with Crippen molar-refractivity contribution in [1.82, 2.24) is 5.32 Å². The number of hydrogen-bond acceptors (Lipinski definition) is 8. The van der Waals surface area contributed by atoms with Crippen LogP contribution in [0.5, 0.6) is 0 Å². The summed E-state index contributed by atoms with van der Waals surface area (Å²) in [4.78, 5) is 13.1. The third-order valence-electron chi connectivity index (χ3n) is 14.5. The Bertz CT molecular complexity index is 1930. The van der Waals surface area contributed by atoms with E-state index in [-0.39, 0.29) is 12.5 Å². The van der Waals surface area contributed by atoms with Crippen LogP contribution in [0, 0.1) is 0 Å². The van der Waals surface area contributed by atoms with Gasteiger partial charge in [-0.25, -0.2) is 0 Å². The molecule has 9 nitrogen and oxygen atoms in total. The van der Waals surface area contributed by atoms with Crippen molar-refractivity contribution in [2.75, 3.05) is 13.2 Å². The first-order valence-corrected chi connectivity index (χ1v) is 33.4. The van der Waals surface area contributed by atoms with Crippen LogP contribution in [0.1, 0.15) is 239 Å². The molecule has 84 heavy (non-hydrogen) atoms. The largest absolute Gasteiger partial charge is 0.394 e. The minimum Gasteiger partial charge on any atom is -0.394 e. The lowest BCUT2D eigenvalue weighted by Gasteiger charge is -2.40.